The first-order chi connectivity index (χ1) is 15.8. The van der Waals surface area contributed by atoms with Gasteiger partial charge in [0.25, 0.3) is 5.54 Å². The van der Waals surface area contributed by atoms with Gasteiger partial charge in [-0.3, -0.25) is 18.9 Å². The van der Waals surface area contributed by atoms with Crippen LogP contribution in [0.15, 0.2) is 36.5 Å². The van der Waals surface area contributed by atoms with Crippen LogP contribution in [-0.4, -0.2) is 51.9 Å². The summed E-state index contributed by atoms with van der Waals surface area (Å²) >= 11 is 0. The van der Waals surface area contributed by atoms with Gasteiger partial charge in [-0.05, 0) is 24.3 Å². The number of anilines is 1. The fourth-order valence-electron chi connectivity index (χ4n) is 4.87. The maximum atomic E-state index is 15.0. The first-order valence-electron chi connectivity index (χ1n) is 10.6. The molecule has 5 atom stereocenters. The number of benzene rings is 1. The Morgan fingerprint density at radius 2 is 2.12 bits per heavy atom. The van der Waals surface area contributed by atoms with Gasteiger partial charge >= 0.3 is 6.09 Å². The number of fused-ring (bicyclic) bond motifs is 1. The molecule has 2 unspecified atom stereocenters. The molecule has 33 heavy (non-hydrogen) atoms. The van der Waals surface area contributed by atoms with Gasteiger partial charge in [0.05, 0.1) is 30.6 Å². The maximum absolute atomic E-state index is 15.0. The van der Waals surface area contributed by atoms with Crippen molar-refractivity contribution in [2.24, 2.45) is 11.8 Å². The standard InChI is InChI=1S/C23H21FN4O4S/c1-13(29)26-9-16-10-28(22(30)32-16)15-4-5-17(20(24)7-15)14-3-6-21(27-8-14)23(25-2)18-11-33(31)12-19(18)23/h3-8,16,18-19H,9-12H2,1H3,(H,26,29)/t16-,18-,19+,23?,33?/m0/s1. The lowest BCUT2D eigenvalue weighted by Crippen LogP contribution is -2.33. The highest BCUT2D eigenvalue weighted by Gasteiger charge is 2.77. The fourth-order valence-corrected chi connectivity index (χ4v) is 6.78. The molecule has 3 fully saturated rings. The number of amides is 2. The van der Waals surface area contributed by atoms with E-state index in [1.807, 2.05) is 0 Å². The van der Waals surface area contributed by atoms with Crippen LogP contribution < -0.4 is 10.2 Å². The second-order valence-corrected chi connectivity index (χ2v) is 10.1. The lowest BCUT2D eigenvalue weighted by atomic mass is 10.0. The average molecular weight is 469 g/mol. The number of cyclic esters (lactones) is 1. The molecule has 3 heterocycles. The zero-order chi connectivity index (χ0) is 23.3. The predicted molar refractivity (Wildman–Crippen MR) is 119 cm³/mol. The monoisotopic (exact) mass is 468 g/mol. The van der Waals surface area contributed by atoms with Gasteiger partial charge in [0, 0.05) is 46.6 Å². The van der Waals surface area contributed by atoms with E-state index in [0.717, 1.165) is 0 Å². The van der Waals surface area contributed by atoms with Crippen molar-refractivity contribution in [3.05, 3.63) is 59.5 Å². The summed E-state index contributed by atoms with van der Waals surface area (Å²) in [6.45, 7) is 9.45. The molecular formula is C23H21FN4O4S. The number of ether oxygens (including phenoxy) is 1. The highest BCUT2D eigenvalue weighted by molar-refractivity contribution is 7.85. The highest BCUT2D eigenvalue weighted by Crippen LogP contribution is 2.64. The average Bonchev–Trinajstić information content (AvgIpc) is 3.05. The molecule has 2 aromatic rings. The summed E-state index contributed by atoms with van der Waals surface area (Å²) in [5.41, 5.74) is 1.20. The Hall–Kier alpha value is -3.32. The van der Waals surface area contributed by atoms with E-state index in [-0.39, 0.29) is 30.8 Å². The number of nitrogens with zero attached hydrogens (tertiary/aromatic N) is 3. The van der Waals surface area contributed by atoms with Crippen LogP contribution in [0.1, 0.15) is 12.6 Å². The Bertz CT molecular complexity index is 1200. The fraction of sp³-hybridized carbons (Fsp3) is 0.391. The summed E-state index contributed by atoms with van der Waals surface area (Å²) in [6.07, 6.45) is 0.456. The van der Waals surface area contributed by atoms with Gasteiger partial charge in [-0.2, -0.15) is 0 Å². The third-order valence-electron chi connectivity index (χ3n) is 6.62. The molecule has 1 aromatic carbocycles. The third kappa shape index (κ3) is 3.56. The van der Waals surface area contributed by atoms with Crippen molar-refractivity contribution < 1.29 is 22.9 Å². The summed E-state index contributed by atoms with van der Waals surface area (Å²) < 4.78 is 31.9. The molecule has 170 valence electrons. The molecule has 2 amide bonds. The summed E-state index contributed by atoms with van der Waals surface area (Å²) in [7, 11) is -0.850. The number of halogens is 1. The van der Waals surface area contributed by atoms with Crippen molar-refractivity contribution in [3.63, 3.8) is 0 Å². The van der Waals surface area contributed by atoms with Gasteiger partial charge in [-0.1, -0.05) is 6.07 Å². The molecule has 10 heteroatoms. The predicted octanol–water partition coefficient (Wildman–Crippen LogP) is 2.47. The van der Waals surface area contributed by atoms with E-state index in [1.54, 1.807) is 30.5 Å². The largest absolute Gasteiger partial charge is 0.442 e. The lowest BCUT2D eigenvalue weighted by Gasteiger charge is -2.15. The summed E-state index contributed by atoms with van der Waals surface area (Å²) in [4.78, 5) is 32.9. The van der Waals surface area contributed by atoms with Gasteiger partial charge in [-0.25, -0.2) is 15.8 Å². The van der Waals surface area contributed by atoms with E-state index in [9.17, 15) is 18.2 Å². The molecule has 0 bridgehead atoms. The smallest absolute Gasteiger partial charge is 0.414 e. The second kappa shape index (κ2) is 7.92. The SMILES string of the molecule is [C-]#[N+]C1(c2ccc(-c3ccc(N4C[C@H](CNC(C)=O)OC4=O)cc3F)cn2)[C@@H]2CS(=O)C[C@@H]21. The van der Waals surface area contributed by atoms with Crippen molar-refractivity contribution in [1.82, 2.24) is 10.3 Å². The number of carbonyl (C=O) groups is 2. The Labute approximate surface area is 192 Å². The normalized spacial score (nSPS) is 29.8. The molecular weight excluding hydrogens is 447 g/mol. The van der Waals surface area contributed by atoms with Crippen molar-refractivity contribution in [2.75, 3.05) is 29.5 Å². The molecule has 3 aliphatic rings. The van der Waals surface area contributed by atoms with Gasteiger partial charge in [0.15, 0.2) is 0 Å². The van der Waals surface area contributed by atoms with Crippen LogP contribution in [0, 0.1) is 24.2 Å². The Morgan fingerprint density at radius 1 is 1.36 bits per heavy atom. The van der Waals surface area contributed by atoms with Crippen LogP contribution in [0.5, 0.6) is 0 Å². The van der Waals surface area contributed by atoms with Crippen molar-refractivity contribution in [2.45, 2.75) is 18.6 Å². The lowest BCUT2D eigenvalue weighted by molar-refractivity contribution is -0.119. The minimum atomic E-state index is -0.850. The zero-order valence-corrected chi connectivity index (χ0v) is 18.6. The number of hydrogen-bond acceptors (Lipinski definition) is 5. The van der Waals surface area contributed by atoms with E-state index in [0.29, 0.717) is 34.0 Å². The van der Waals surface area contributed by atoms with Gasteiger partial charge in [0.1, 0.15) is 17.6 Å². The molecule has 0 radical (unpaired) electrons. The second-order valence-electron chi connectivity index (χ2n) is 8.57. The Kier molecular flexibility index (Phi) is 5.16. The molecule has 1 aliphatic carbocycles. The molecule has 1 N–H and O–H groups in total. The van der Waals surface area contributed by atoms with Crippen LogP contribution in [0.25, 0.3) is 16.0 Å². The number of rotatable bonds is 5. The van der Waals surface area contributed by atoms with Crippen LogP contribution in [0.4, 0.5) is 14.9 Å². The first-order valence-corrected chi connectivity index (χ1v) is 12.0. The van der Waals surface area contributed by atoms with Gasteiger partial charge < -0.3 is 14.9 Å². The third-order valence-corrected chi connectivity index (χ3v) is 8.09. The molecule has 0 spiro atoms. The highest BCUT2D eigenvalue weighted by atomic mass is 32.2. The maximum Gasteiger partial charge on any atom is 0.414 e. The number of aromatic nitrogens is 1. The Morgan fingerprint density at radius 3 is 2.73 bits per heavy atom. The number of nitrogens with one attached hydrogen (secondary N) is 1. The summed E-state index contributed by atoms with van der Waals surface area (Å²) in [5, 5.41) is 2.60. The molecule has 1 saturated carbocycles. The number of pyridine rings is 1. The topological polar surface area (TPSA) is 93.0 Å². The van der Waals surface area contributed by atoms with Crippen LogP contribution in [0.3, 0.4) is 0 Å². The van der Waals surface area contributed by atoms with Crippen molar-refractivity contribution in [3.8, 4) is 11.1 Å². The molecule has 2 aliphatic heterocycles. The van der Waals surface area contributed by atoms with Crippen molar-refractivity contribution >= 4 is 28.5 Å². The molecule has 8 nitrogen and oxygen atoms in total. The van der Waals surface area contributed by atoms with Gasteiger partial charge in [-0.15, -0.1) is 0 Å². The first kappa shape index (κ1) is 21.5. The summed E-state index contributed by atoms with van der Waals surface area (Å²) in [6, 6.07) is 7.98. The van der Waals surface area contributed by atoms with E-state index >= 15 is 0 Å². The van der Waals surface area contributed by atoms with E-state index < -0.39 is 34.4 Å². The number of hydrogen-bond donors (Lipinski definition) is 1. The minimum absolute atomic E-state index is 0.0832. The van der Waals surface area contributed by atoms with E-state index in [2.05, 4.69) is 15.1 Å². The quantitative estimate of drug-likeness (QED) is 0.681. The Balaban J connectivity index is 1.32. The molecule has 2 saturated heterocycles. The van der Waals surface area contributed by atoms with Crippen LogP contribution in [0.2, 0.25) is 0 Å². The van der Waals surface area contributed by atoms with E-state index in [1.165, 1.54) is 17.9 Å². The van der Waals surface area contributed by atoms with Gasteiger partial charge in [0.2, 0.25) is 5.91 Å². The summed E-state index contributed by atoms with van der Waals surface area (Å²) in [5.74, 6) is 0.508. The zero-order valence-electron chi connectivity index (χ0n) is 17.8. The van der Waals surface area contributed by atoms with E-state index in [4.69, 9.17) is 11.3 Å². The van der Waals surface area contributed by atoms with Crippen LogP contribution >= 0.6 is 0 Å². The number of carbonyl (C=O) groups excluding carboxylic acids is 2. The molecule has 1 aromatic heterocycles. The molecule has 5 rings (SSSR count). The van der Waals surface area contributed by atoms with Crippen molar-refractivity contribution in [1.29, 1.82) is 0 Å². The minimum Gasteiger partial charge on any atom is -0.442 e. The van der Waals surface area contributed by atoms with Crippen LogP contribution in [-0.2, 0) is 25.9 Å².